The largest absolute Gasteiger partial charge is 0.454 e. The molecule has 0 bridgehead atoms. The summed E-state index contributed by atoms with van der Waals surface area (Å²) in [5.41, 5.74) is 2.42. The number of fused-ring (bicyclic) bond motifs is 1. The first-order valence-electron chi connectivity index (χ1n) is 6.99. The molecular formula is C17H11N3O3. The van der Waals surface area contributed by atoms with E-state index in [4.69, 9.17) is 4.42 Å². The molecule has 0 saturated carbocycles. The van der Waals surface area contributed by atoms with Gasteiger partial charge in [0.25, 0.3) is 5.69 Å². The summed E-state index contributed by atoms with van der Waals surface area (Å²) in [6, 6.07) is 15.7. The van der Waals surface area contributed by atoms with Crippen molar-refractivity contribution in [2.75, 3.05) is 0 Å². The van der Waals surface area contributed by atoms with E-state index >= 15 is 0 Å². The third-order valence-corrected chi connectivity index (χ3v) is 3.59. The molecule has 0 amide bonds. The van der Waals surface area contributed by atoms with Gasteiger partial charge in [-0.25, -0.2) is 4.98 Å². The molecule has 0 radical (unpaired) electrons. The fourth-order valence-corrected chi connectivity index (χ4v) is 2.43. The molecule has 1 aromatic carbocycles. The number of furan rings is 1. The monoisotopic (exact) mass is 305 g/mol. The molecule has 4 aromatic rings. The van der Waals surface area contributed by atoms with Crippen LogP contribution in [0.1, 0.15) is 0 Å². The van der Waals surface area contributed by atoms with E-state index in [9.17, 15) is 10.1 Å². The molecule has 6 heteroatoms. The van der Waals surface area contributed by atoms with Crippen LogP contribution in [0.3, 0.4) is 0 Å². The van der Waals surface area contributed by atoms with Gasteiger partial charge in [-0.2, -0.15) is 0 Å². The second-order valence-corrected chi connectivity index (χ2v) is 5.06. The standard InChI is InChI=1S/C17H11N3O3/c21-20(22)13-6-4-12(5-7-13)15-8-9-16(23-15)14-11-19-10-2-1-3-17(19)18-14/h1-11H. The Morgan fingerprint density at radius 3 is 2.52 bits per heavy atom. The van der Waals surface area contributed by atoms with Crippen LogP contribution in [0.25, 0.3) is 28.4 Å². The van der Waals surface area contributed by atoms with Gasteiger partial charge in [0.2, 0.25) is 0 Å². The Balaban J connectivity index is 1.69. The number of imidazole rings is 1. The summed E-state index contributed by atoms with van der Waals surface area (Å²) >= 11 is 0. The number of benzene rings is 1. The second-order valence-electron chi connectivity index (χ2n) is 5.06. The normalized spacial score (nSPS) is 11.0. The van der Waals surface area contributed by atoms with Crippen LogP contribution in [-0.2, 0) is 0 Å². The lowest BCUT2D eigenvalue weighted by molar-refractivity contribution is -0.384. The first-order chi connectivity index (χ1) is 11.2. The summed E-state index contributed by atoms with van der Waals surface area (Å²) in [4.78, 5) is 14.8. The zero-order valence-corrected chi connectivity index (χ0v) is 11.9. The van der Waals surface area contributed by atoms with E-state index in [1.165, 1.54) is 12.1 Å². The number of hydrogen-bond acceptors (Lipinski definition) is 4. The molecule has 0 saturated heterocycles. The Morgan fingerprint density at radius 2 is 1.78 bits per heavy atom. The molecule has 23 heavy (non-hydrogen) atoms. The lowest BCUT2D eigenvalue weighted by atomic mass is 10.1. The zero-order valence-electron chi connectivity index (χ0n) is 11.9. The minimum atomic E-state index is -0.423. The maximum absolute atomic E-state index is 10.7. The fourth-order valence-electron chi connectivity index (χ4n) is 2.43. The molecule has 0 N–H and O–H groups in total. The maximum atomic E-state index is 10.7. The Labute approximate surface area is 130 Å². The molecule has 0 unspecified atom stereocenters. The smallest absolute Gasteiger partial charge is 0.269 e. The van der Waals surface area contributed by atoms with Crippen molar-refractivity contribution in [3.63, 3.8) is 0 Å². The van der Waals surface area contributed by atoms with E-state index in [2.05, 4.69) is 4.98 Å². The molecule has 0 aliphatic rings. The molecular weight excluding hydrogens is 294 g/mol. The predicted octanol–water partition coefficient (Wildman–Crippen LogP) is 4.17. The number of hydrogen-bond donors (Lipinski definition) is 0. The molecule has 0 aliphatic carbocycles. The van der Waals surface area contributed by atoms with E-state index < -0.39 is 4.92 Å². The molecule has 112 valence electrons. The lowest BCUT2D eigenvalue weighted by Gasteiger charge is -1.96. The van der Waals surface area contributed by atoms with Gasteiger partial charge in [-0.3, -0.25) is 10.1 Å². The van der Waals surface area contributed by atoms with Crippen LogP contribution in [-0.4, -0.2) is 14.3 Å². The van der Waals surface area contributed by atoms with Gasteiger partial charge >= 0.3 is 0 Å². The van der Waals surface area contributed by atoms with Gasteiger partial charge in [-0.05, 0) is 36.4 Å². The van der Waals surface area contributed by atoms with Crippen molar-refractivity contribution in [2.45, 2.75) is 0 Å². The topological polar surface area (TPSA) is 73.6 Å². The number of rotatable bonds is 3. The van der Waals surface area contributed by atoms with Gasteiger partial charge < -0.3 is 8.82 Å². The van der Waals surface area contributed by atoms with E-state index in [1.807, 2.05) is 47.1 Å². The third-order valence-electron chi connectivity index (χ3n) is 3.59. The SMILES string of the molecule is O=[N+]([O-])c1ccc(-c2ccc(-c3cn4ccccc4n3)o2)cc1. The molecule has 3 aromatic heterocycles. The van der Waals surface area contributed by atoms with Gasteiger partial charge in [0, 0.05) is 30.1 Å². The van der Waals surface area contributed by atoms with Gasteiger partial charge in [0.05, 0.1) is 4.92 Å². The van der Waals surface area contributed by atoms with E-state index in [0.717, 1.165) is 16.9 Å². The van der Waals surface area contributed by atoms with E-state index in [1.54, 1.807) is 12.1 Å². The number of nitrogens with zero attached hydrogens (tertiary/aromatic N) is 3. The summed E-state index contributed by atoms with van der Waals surface area (Å²) in [6.45, 7) is 0. The van der Waals surface area contributed by atoms with Crippen LogP contribution in [0.5, 0.6) is 0 Å². The molecule has 4 rings (SSSR count). The summed E-state index contributed by atoms with van der Waals surface area (Å²) in [5, 5.41) is 10.7. The van der Waals surface area contributed by atoms with Crippen LogP contribution in [0.15, 0.2) is 71.4 Å². The number of pyridine rings is 1. The van der Waals surface area contributed by atoms with Gasteiger partial charge in [-0.1, -0.05) is 6.07 Å². The van der Waals surface area contributed by atoms with Crippen molar-refractivity contribution in [1.29, 1.82) is 0 Å². The van der Waals surface area contributed by atoms with Crippen LogP contribution < -0.4 is 0 Å². The Hall–Kier alpha value is -3.41. The van der Waals surface area contributed by atoms with E-state index in [-0.39, 0.29) is 5.69 Å². The lowest BCUT2D eigenvalue weighted by Crippen LogP contribution is -1.86. The highest BCUT2D eigenvalue weighted by molar-refractivity contribution is 5.65. The highest BCUT2D eigenvalue weighted by Crippen LogP contribution is 2.29. The average Bonchev–Trinajstić information content (AvgIpc) is 3.21. The molecule has 0 atom stereocenters. The van der Waals surface area contributed by atoms with Crippen LogP contribution >= 0.6 is 0 Å². The quantitative estimate of drug-likeness (QED) is 0.420. The first kappa shape index (κ1) is 13.3. The molecule has 3 heterocycles. The van der Waals surface area contributed by atoms with Crippen molar-refractivity contribution in [3.8, 4) is 22.8 Å². The first-order valence-corrected chi connectivity index (χ1v) is 6.99. The second kappa shape index (κ2) is 5.10. The number of non-ortho nitro benzene ring substituents is 1. The van der Waals surface area contributed by atoms with Crippen LogP contribution in [0.2, 0.25) is 0 Å². The summed E-state index contributed by atoms with van der Waals surface area (Å²) in [6.07, 6.45) is 3.82. The Bertz CT molecular complexity index is 966. The van der Waals surface area contributed by atoms with Crippen molar-refractivity contribution in [3.05, 3.63) is 77.1 Å². The minimum Gasteiger partial charge on any atom is -0.454 e. The van der Waals surface area contributed by atoms with Crippen molar-refractivity contribution >= 4 is 11.3 Å². The number of aromatic nitrogens is 2. The third kappa shape index (κ3) is 2.36. The highest BCUT2D eigenvalue weighted by Gasteiger charge is 2.11. The van der Waals surface area contributed by atoms with E-state index in [0.29, 0.717) is 11.5 Å². The summed E-state index contributed by atoms with van der Waals surface area (Å²) in [5.74, 6) is 1.30. The number of nitro groups is 1. The number of nitro benzene ring substituents is 1. The van der Waals surface area contributed by atoms with Gasteiger partial charge in [-0.15, -0.1) is 0 Å². The fraction of sp³-hybridized carbons (Fsp3) is 0. The molecule has 0 fully saturated rings. The van der Waals surface area contributed by atoms with Crippen molar-refractivity contribution < 1.29 is 9.34 Å². The van der Waals surface area contributed by atoms with Crippen LogP contribution in [0, 0.1) is 10.1 Å². The maximum Gasteiger partial charge on any atom is 0.269 e. The van der Waals surface area contributed by atoms with Crippen molar-refractivity contribution in [2.24, 2.45) is 0 Å². The Kier molecular flexibility index (Phi) is 2.94. The van der Waals surface area contributed by atoms with Crippen LogP contribution in [0.4, 0.5) is 5.69 Å². The summed E-state index contributed by atoms with van der Waals surface area (Å²) < 4.78 is 7.76. The molecule has 6 nitrogen and oxygen atoms in total. The van der Waals surface area contributed by atoms with Crippen molar-refractivity contribution in [1.82, 2.24) is 9.38 Å². The predicted molar refractivity (Wildman–Crippen MR) is 85.0 cm³/mol. The van der Waals surface area contributed by atoms with Gasteiger partial charge in [0.1, 0.15) is 17.1 Å². The zero-order chi connectivity index (χ0) is 15.8. The Morgan fingerprint density at radius 1 is 1.00 bits per heavy atom. The highest BCUT2D eigenvalue weighted by atomic mass is 16.6. The molecule has 0 aliphatic heterocycles. The van der Waals surface area contributed by atoms with Gasteiger partial charge in [0.15, 0.2) is 5.76 Å². The molecule has 0 spiro atoms. The average molecular weight is 305 g/mol. The summed E-state index contributed by atoms with van der Waals surface area (Å²) in [7, 11) is 0. The minimum absolute atomic E-state index is 0.0564.